The first kappa shape index (κ1) is 22.0. The number of thiophene rings is 1. The molecule has 2 aromatic heterocycles. The normalized spacial score (nSPS) is 23.2. The van der Waals surface area contributed by atoms with Gasteiger partial charge in [0, 0.05) is 24.3 Å². The van der Waals surface area contributed by atoms with E-state index in [1.54, 1.807) is 6.20 Å². The van der Waals surface area contributed by atoms with Crippen LogP contribution in [0.2, 0.25) is 0 Å². The molecule has 2 aliphatic heterocycles. The van der Waals surface area contributed by atoms with E-state index in [1.165, 1.54) is 11.3 Å². The summed E-state index contributed by atoms with van der Waals surface area (Å²) in [6.45, 7) is 1.27. The van der Waals surface area contributed by atoms with Crippen LogP contribution in [0.4, 0.5) is 13.2 Å². The van der Waals surface area contributed by atoms with E-state index in [0.29, 0.717) is 12.4 Å². The topological polar surface area (TPSA) is 89.0 Å². The van der Waals surface area contributed by atoms with Crippen LogP contribution in [0.15, 0.2) is 41.2 Å². The minimum Gasteiger partial charge on any atom is -0.475 e. The second-order valence-corrected chi connectivity index (χ2v) is 7.42. The molecule has 2 aliphatic rings. The zero-order chi connectivity index (χ0) is 21.7. The van der Waals surface area contributed by atoms with Crippen LogP contribution >= 0.6 is 11.3 Å². The highest BCUT2D eigenvalue weighted by atomic mass is 32.1. The predicted octanol–water partition coefficient (Wildman–Crippen LogP) is 3.23. The number of likely N-dealkylation sites (tertiary alicyclic amines) is 1. The molecule has 30 heavy (non-hydrogen) atoms. The van der Waals surface area contributed by atoms with E-state index in [1.807, 2.05) is 39.9 Å². The number of aromatic nitrogens is 1. The van der Waals surface area contributed by atoms with Crippen molar-refractivity contribution in [1.29, 1.82) is 0 Å². The van der Waals surface area contributed by atoms with Gasteiger partial charge in [0.1, 0.15) is 12.2 Å². The molecule has 4 rings (SSSR count). The maximum atomic E-state index is 12.8. The summed E-state index contributed by atoms with van der Waals surface area (Å²) < 4.78 is 43.7. The number of hydrogen-bond acceptors (Lipinski definition) is 6. The number of ether oxygens (including phenoxy) is 2. The molecule has 4 heterocycles. The average Bonchev–Trinajstić information content (AvgIpc) is 3.37. The van der Waals surface area contributed by atoms with Gasteiger partial charge >= 0.3 is 12.1 Å². The summed E-state index contributed by atoms with van der Waals surface area (Å²) >= 11 is 1.54. The van der Waals surface area contributed by atoms with Crippen LogP contribution in [0.1, 0.15) is 23.2 Å². The van der Waals surface area contributed by atoms with Crippen LogP contribution in [0.3, 0.4) is 0 Å². The molecule has 2 aromatic rings. The summed E-state index contributed by atoms with van der Waals surface area (Å²) in [5.74, 6) is -2.11. The molecule has 1 amide bonds. The van der Waals surface area contributed by atoms with Gasteiger partial charge in [0.05, 0.1) is 18.2 Å². The number of rotatable bonds is 3. The Morgan fingerprint density at radius 1 is 1.30 bits per heavy atom. The average molecular weight is 444 g/mol. The fourth-order valence-corrected chi connectivity index (χ4v) is 4.00. The van der Waals surface area contributed by atoms with E-state index in [2.05, 4.69) is 4.98 Å². The van der Waals surface area contributed by atoms with Crippen LogP contribution < -0.4 is 4.74 Å². The quantitative estimate of drug-likeness (QED) is 0.782. The fraction of sp³-hybridized carbons (Fsp3) is 0.421. The number of hydrogen-bond donors (Lipinski definition) is 1. The van der Waals surface area contributed by atoms with Crippen molar-refractivity contribution in [1.82, 2.24) is 9.88 Å². The van der Waals surface area contributed by atoms with Crippen LogP contribution in [0.25, 0.3) is 0 Å². The van der Waals surface area contributed by atoms with Crippen LogP contribution in [-0.4, -0.2) is 64.4 Å². The minimum atomic E-state index is -5.08. The summed E-state index contributed by atoms with van der Waals surface area (Å²) in [5.41, 5.74) is 0.748. The molecule has 0 aromatic carbocycles. The Bertz CT molecular complexity index is 848. The van der Waals surface area contributed by atoms with E-state index in [0.717, 1.165) is 25.0 Å². The van der Waals surface area contributed by atoms with Crippen molar-refractivity contribution in [3.05, 3.63) is 46.8 Å². The lowest BCUT2D eigenvalue weighted by Gasteiger charge is -2.31. The molecule has 0 spiro atoms. The van der Waals surface area contributed by atoms with Crippen molar-refractivity contribution in [3.8, 4) is 5.88 Å². The summed E-state index contributed by atoms with van der Waals surface area (Å²) in [6, 6.07) is 7.54. The number of nitrogens with zero attached hydrogens (tertiary/aromatic N) is 2. The molecule has 162 valence electrons. The van der Waals surface area contributed by atoms with Gasteiger partial charge < -0.3 is 19.5 Å². The highest BCUT2D eigenvalue weighted by Gasteiger charge is 2.47. The predicted molar refractivity (Wildman–Crippen MR) is 100 cm³/mol. The molecule has 0 unspecified atom stereocenters. The Balaban J connectivity index is 0.000000318. The Morgan fingerprint density at radius 2 is 2.07 bits per heavy atom. The molecular weight excluding hydrogens is 425 g/mol. The highest BCUT2D eigenvalue weighted by Crippen LogP contribution is 2.32. The SMILES string of the molecule is O=C(O)C(F)(F)F.O=C(c1ccsc1)N1C[C@H](Oc2ccccn2)[C@H]2OCCC[C@H]21. The fourth-order valence-electron chi connectivity index (χ4n) is 3.37. The number of pyridine rings is 1. The van der Waals surface area contributed by atoms with Crippen LogP contribution in [0, 0.1) is 0 Å². The van der Waals surface area contributed by atoms with Gasteiger partial charge in [0.25, 0.3) is 5.91 Å². The lowest BCUT2D eigenvalue weighted by Crippen LogP contribution is -2.44. The van der Waals surface area contributed by atoms with Crippen molar-refractivity contribution in [2.24, 2.45) is 0 Å². The van der Waals surface area contributed by atoms with E-state index in [4.69, 9.17) is 19.4 Å². The smallest absolute Gasteiger partial charge is 0.475 e. The number of carboxylic acid groups (broad SMARTS) is 1. The Labute approximate surface area is 174 Å². The Kier molecular flexibility index (Phi) is 6.93. The lowest BCUT2D eigenvalue weighted by atomic mass is 10.0. The summed E-state index contributed by atoms with van der Waals surface area (Å²) in [4.78, 5) is 27.8. The summed E-state index contributed by atoms with van der Waals surface area (Å²) in [7, 11) is 0. The van der Waals surface area contributed by atoms with Gasteiger partial charge in [-0.2, -0.15) is 24.5 Å². The largest absolute Gasteiger partial charge is 0.490 e. The van der Waals surface area contributed by atoms with Crippen molar-refractivity contribution < 1.29 is 37.3 Å². The first-order valence-electron chi connectivity index (χ1n) is 9.10. The van der Waals surface area contributed by atoms with Crippen molar-refractivity contribution in [3.63, 3.8) is 0 Å². The standard InChI is InChI=1S/C17H18N2O3S.C2HF3O2/c20-17(12-6-9-23-11-12)19-10-14(16-13(19)4-3-8-21-16)22-15-5-1-2-7-18-15;3-2(4,5)1(6)7/h1-2,5-7,9,11,13-14,16H,3-4,8,10H2;(H,6,7)/t13-,14+,16+;/m1./s1. The molecule has 1 N–H and O–H groups in total. The highest BCUT2D eigenvalue weighted by molar-refractivity contribution is 7.08. The van der Waals surface area contributed by atoms with Crippen LogP contribution in [0.5, 0.6) is 5.88 Å². The van der Waals surface area contributed by atoms with Gasteiger partial charge in [-0.25, -0.2) is 9.78 Å². The number of alkyl halides is 3. The zero-order valence-corrected chi connectivity index (χ0v) is 16.4. The van der Waals surface area contributed by atoms with E-state index in [9.17, 15) is 18.0 Å². The van der Waals surface area contributed by atoms with Crippen molar-refractivity contribution in [2.75, 3.05) is 13.2 Å². The van der Waals surface area contributed by atoms with Crippen LogP contribution in [-0.2, 0) is 9.53 Å². The maximum absolute atomic E-state index is 12.8. The number of carboxylic acids is 1. The Hall–Kier alpha value is -2.66. The second kappa shape index (κ2) is 9.43. The molecule has 2 saturated heterocycles. The molecule has 2 fully saturated rings. The Morgan fingerprint density at radius 3 is 2.67 bits per heavy atom. The van der Waals surface area contributed by atoms with Gasteiger partial charge in [-0.05, 0) is 30.4 Å². The van der Waals surface area contributed by atoms with Crippen molar-refractivity contribution >= 4 is 23.2 Å². The van der Waals surface area contributed by atoms with Gasteiger partial charge in [-0.1, -0.05) is 6.07 Å². The number of aliphatic carboxylic acids is 1. The third-order valence-corrected chi connectivity index (χ3v) is 5.34. The maximum Gasteiger partial charge on any atom is 0.490 e. The zero-order valence-electron chi connectivity index (χ0n) is 15.6. The van der Waals surface area contributed by atoms with Gasteiger partial charge in [-0.3, -0.25) is 4.79 Å². The number of carbonyl (C=O) groups excluding carboxylic acids is 1. The summed E-state index contributed by atoms with van der Waals surface area (Å²) in [6.07, 6.45) is -1.68. The molecule has 0 bridgehead atoms. The number of fused-ring (bicyclic) bond motifs is 1. The molecule has 0 radical (unpaired) electrons. The molecule has 11 heteroatoms. The monoisotopic (exact) mass is 444 g/mol. The first-order valence-corrected chi connectivity index (χ1v) is 10.0. The third kappa shape index (κ3) is 5.28. The molecule has 0 aliphatic carbocycles. The molecule has 0 saturated carbocycles. The molecule has 7 nitrogen and oxygen atoms in total. The number of amides is 1. The van der Waals surface area contributed by atoms with Gasteiger partial charge in [0.15, 0.2) is 0 Å². The second-order valence-electron chi connectivity index (χ2n) is 6.64. The summed E-state index contributed by atoms with van der Waals surface area (Å²) in [5, 5.41) is 11.0. The van der Waals surface area contributed by atoms with E-state index >= 15 is 0 Å². The van der Waals surface area contributed by atoms with E-state index < -0.39 is 12.1 Å². The lowest BCUT2D eigenvalue weighted by molar-refractivity contribution is -0.192. The number of halogens is 3. The molecule has 3 atom stereocenters. The van der Waals surface area contributed by atoms with Crippen molar-refractivity contribution in [2.45, 2.75) is 37.3 Å². The minimum absolute atomic E-state index is 0.0684. The van der Waals surface area contributed by atoms with E-state index in [-0.39, 0.29) is 24.2 Å². The first-order chi connectivity index (χ1) is 14.3. The third-order valence-electron chi connectivity index (χ3n) is 4.66. The number of carbonyl (C=O) groups is 2. The molecular formula is C19H19F3N2O5S. The van der Waals surface area contributed by atoms with Gasteiger partial charge in [0.2, 0.25) is 5.88 Å². The van der Waals surface area contributed by atoms with Gasteiger partial charge in [-0.15, -0.1) is 0 Å².